The van der Waals surface area contributed by atoms with E-state index in [0.29, 0.717) is 16.6 Å². The van der Waals surface area contributed by atoms with E-state index in [1.165, 1.54) is 31.2 Å². The molecular formula is C19H16N2O6. The Balaban J connectivity index is 1.95. The average Bonchev–Trinajstić information content (AvgIpc) is 2.59. The minimum atomic E-state index is -0.584. The lowest BCUT2D eigenvalue weighted by Gasteiger charge is -2.10. The number of nitro benzene ring substituents is 1. The molecule has 1 amide bonds. The predicted octanol–water partition coefficient (Wildman–Crippen LogP) is 3.55. The number of carbonyl (C=O) groups is 1. The van der Waals surface area contributed by atoms with Crippen molar-refractivity contribution in [3.05, 3.63) is 74.1 Å². The Morgan fingerprint density at radius 1 is 1.22 bits per heavy atom. The molecule has 0 atom stereocenters. The number of carbonyl (C=O) groups excluding carboxylic acids is 1. The van der Waals surface area contributed by atoms with Crippen molar-refractivity contribution in [3.63, 3.8) is 0 Å². The topological polar surface area (TPSA) is 112 Å². The highest BCUT2D eigenvalue weighted by Crippen LogP contribution is 2.29. The molecule has 0 unspecified atom stereocenters. The third-order valence-corrected chi connectivity index (χ3v) is 3.84. The summed E-state index contributed by atoms with van der Waals surface area (Å²) in [6.07, 6.45) is 0. The Morgan fingerprint density at radius 2 is 2.00 bits per heavy atom. The molecule has 138 valence electrons. The van der Waals surface area contributed by atoms with Crippen molar-refractivity contribution < 1.29 is 18.9 Å². The number of ether oxygens (including phenoxy) is 1. The molecule has 0 radical (unpaired) electrons. The lowest BCUT2D eigenvalue weighted by molar-refractivity contribution is -0.386. The van der Waals surface area contributed by atoms with Gasteiger partial charge in [0.25, 0.3) is 0 Å². The van der Waals surface area contributed by atoms with E-state index in [2.05, 4.69) is 5.32 Å². The quantitative estimate of drug-likeness (QED) is 0.419. The van der Waals surface area contributed by atoms with Crippen molar-refractivity contribution in [1.82, 2.24) is 0 Å². The van der Waals surface area contributed by atoms with Crippen LogP contribution in [0.5, 0.6) is 5.75 Å². The van der Waals surface area contributed by atoms with Gasteiger partial charge in [0, 0.05) is 41.8 Å². The second-order valence-corrected chi connectivity index (χ2v) is 6.00. The normalized spacial score (nSPS) is 10.6. The maximum Gasteiger partial charge on any atom is 0.336 e. The monoisotopic (exact) mass is 368 g/mol. The third-order valence-electron chi connectivity index (χ3n) is 3.84. The second-order valence-electron chi connectivity index (χ2n) is 6.00. The summed E-state index contributed by atoms with van der Waals surface area (Å²) < 4.78 is 10.8. The van der Waals surface area contributed by atoms with Crippen molar-refractivity contribution in [1.29, 1.82) is 0 Å². The number of aryl methyl sites for hydroxylation is 1. The van der Waals surface area contributed by atoms with Gasteiger partial charge in [-0.3, -0.25) is 14.9 Å². The van der Waals surface area contributed by atoms with Crippen molar-refractivity contribution in [2.75, 3.05) is 5.32 Å². The van der Waals surface area contributed by atoms with Crippen LogP contribution in [0.25, 0.3) is 11.0 Å². The smallest absolute Gasteiger partial charge is 0.336 e. The minimum Gasteiger partial charge on any atom is -0.482 e. The summed E-state index contributed by atoms with van der Waals surface area (Å²) in [6.45, 7) is 3.07. The fraction of sp³-hybridized carbons (Fsp3) is 0.158. The van der Waals surface area contributed by atoms with Crippen molar-refractivity contribution >= 4 is 28.3 Å². The van der Waals surface area contributed by atoms with Gasteiger partial charge in [0.05, 0.1) is 4.92 Å². The van der Waals surface area contributed by atoms with Crippen LogP contribution >= 0.6 is 0 Å². The van der Waals surface area contributed by atoms with Gasteiger partial charge in [0.2, 0.25) is 5.91 Å². The van der Waals surface area contributed by atoms with Crippen molar-refractivity contribution in [2.45, 2.75) is 20.5 Å². The fourth-order valence-corrected chi connectivity index (χ4v) is 2.68. The SMILES string of the molecule is CC(=O)Nc1ccc2c(COc3ccc(C)cc3[N+](=O)[O-])cc(=O)oc2c1. The van der Waals surface area contributed by atoms with Crippen LogP contribution in [-0.4, -0.2) is 10.8 Å². The van der Waals surface area contributed by atoms with Crippen LogP contribution in [0, 0.1) is 17.0 Å². The Bertz CT molecular complexity index is 1100. The van der Waals surface area contributed by atoms with E-state index in [1.54, 1.807) is 25.1 Å². The molecule has 8 nitrogen and oxygen atoms in total. The first-order chi connectivity index (χ1) is 12.8. The molecule has 8 heteroatoms. The maximum absolute atomic E-state index is 11.9. The molecule has 27 heavy (non-hydrogen) atoms. The zero-order valence-corrected chi connectivity index (χ0v) is 14.6. The zero-order chi connectivity index (χ0) is 19.6. The Labute approximate surface area is 153 Å². The number of benzene rings is 2. The Hall–Kier alpha value is -3.68. The molecule has 0 aliphatic heterocycles. The number of hydrogen-bond acceptors (Lipinski definition) is 6. The average molecular weight is 368 g/mol. The van der Waals surface area contributed by atoms with Crippen molar-refractivity contribution in [3.8, 4) is 5.75 Å². The standard InChI is InChI=1S/C19H16N2O6/c1-11-3-6-17(16(7-11)21(24)25)26-10-13-8-19(23)27-18-9-14(20-12(2)22)4-5-15(13)18/h3-9H,10H2,1-2H3,(H,20,22). The van der Waals surface area contributed by atoms with Gasteiger partial charge in [-0.2, -0.15) is 0 Å². The number of amides is 1. The van der Waals surface area contributed by atoms with E-state index in [9.17, 15) is 19.7 Å². The Kier molecular flexibility index (Phi) is 4.89. The fourth-order valence-electron chi connectivity index (χ4n) is 2.68. The second kappa shape index (κ2) is 7.28. The first kappa shape index (κ1) is 18.1. The number of nitrogens with one attached hydrogen (secondary N) is 1. The van der Waals surface area contributed by atoms with Crippen LogP contribution in [0.2, 0.25) is 0 Å². The molecule has 0 aliphatic carbocycles. The van der Waals surface area contributed by atoms with Gasteiger partial charge in [0.15, 0.2) is 5.75 Å². The molecule has 0 fully saturated rings. The summed E-state index contributed by atoms with van der Waals surface area (Å²) >= 11 is 0. The number of fused-ring (bicyclic) bond motifs is 1. The summed E-state index contributed by atoms with van der Waals surface area (Å²) in [5.74, 6) is -0.135. The molecule has 1 aromatic heterocycles. The van der Waals surface area contributed by atoms with Gasteiger partial charge in [0.1, 0.15) is 12.2 Å². The molecule has 0 aliphatic rings. The summed E-state index contributed by atoms with van der Waals surface area (Å²) in [7, 11) is 0. The summed E-state index contributed by atoms with van der Waals surface area (Å²) in [4.78, 5) is 33.7. The molecule has 0 saturated carbocycles. The molecule has 0 spiro atoms. The summed E-state index contributed by atoms with van der Waals surface area (Å²) in [6, 6.07) is 10.8. The highest BCUT2D eigenvalue weighted by Gasteiger charge is 2.16. The highest BCUT2D eigenvalue weighted by atomic mass is 16.6. The summed E-state index contributed by atoms with van der Waals surface area (Å²) in [5, 5.41) is 14.4. The van der Waals surface area contributed by atoms with E-state index < -0.39 is 10.5 Å². The number of nitro groups is 1. The van der Waals surface area contributed by atoms with Crippen LogP contribution in [0.1, 0.15) is 18.1 Å². The number of rotatable bonds is 5. The van der Waals surface area contributed by atoms with Crippen LogP contribution in [0.4, 0.5) is 11.4 Å². The zero-order valence-electron chi connectivity index (χ0n) is 14.6. The largest absolute Gasteiger partial charge is 0.482 e. The van der Waals surface area contributed by atoms with Gasteiger partial charge >= 0.3 is 11.3 Å². The van der Waals surface area contributed by atoms with E-state index in [4.69, 9.17) is 9.15 Å². The summed E-state index contributed by atoms with van der Waals surface area (Å²) in [5.41, 5.74) is 1.31. The molecule has 0 saturated heterocycles. The van der Waals surface area contributed by atoms with E-state index >= 15 is 0 Å². The molecule has 1 N–H and O–H groups in total. The van der Waals surface area contributed by atoms with Crippen LogP contribution in [0.15, 0.2) is 51.7 Å². The van der Waals surface area contributed by atoms with Crippen LogP contribution < -0.4 is 15.7 Å². The van der Waals surface area contributed by atoms with E-state index in [1.807, 2.05) is 0 Å². The first-order valence-corrected chi connectivity index (χ1v) is 8.06. The van der Waals surface area contributed by atoms with Gasteiger partial charge < -0.3 is 14.5 Å². The van der Waals surface area contributed by atoms with Gasteiger partial charge in [-0.1, -0.05) is 6.07 Å². The molecule has 3 aromatic rings. The molecule has 3 rings (SSSR count). The lowest BCUT2D eigenvalue weighted by Crippen LogP contribution is -2.07. The van der Waals surface area contributed by atoms with Crippen LogP contribution in [-0.2, 0) is 11.4 Å². The van der Waals surface area contributed by atoms with E-state index in [0.717, 1.165) is 5.56 Å². The van der Waals surface area contributed by atoms with Crippen molar-refractivity contribution in [2.24, 2.45) is 0 Å². The molecule has 0 bridgehead atoms. The highest BCUT2D eigenvalue weighted by molar-refractivity contribution is 5.92. The predicted molar refractivity (Wildman–Crippen MR) is 99.0 cm³/mol. The molecule has 2 aromatic carbocycles. The molecular weight excluding hydrogens is 352 g/mol. The first-order valence-electron chi connectivity index (χ1n) is 8.06. The van der Waals surface area contributed by atoms with E-state index in [-0.39, 0.29) is 29.5 Å². The van der Waals surface area contributed by atoms with Gasteiger partial charge in [-0.15, -0.1) is 0 Å². The third kappa shape index (κ3) is 4.12. The van der Waals surface area contributed by atoms with Gasteiger partial charge in [-0.05, 0) is 30.7 Å². The van der Waals surface area contributed by atoms with Gasteiger partial charge in [-0.25, -0.2) is 4.79 Å². The number of anilines is 1. The maximum atomic E-state index is 11.9. The lowest BCUT2D eigenvalue weighted by atomic mass is 10.1. The number of nitrogens with zero attached hydrogens (tertiary/aromatic N) is 1. The molecule has 1 heterocycles. The Morgan fingerprint density at radius 3 is 2.70 bits per heavy atom. The van der Waals surface area contributed by atoms with Crippen LogP contribution in [0.3, 0.4) is 0 Å². The minimum absolute atomic E-state index is 0.0501. The number of hydrogen-bond donors (Lipinski definition) is 1.